The van der Waals surface area contributed by atoms with Gasteiger partial charge in [0.2, 0.25) is 0 Å². The number of thiophene rings is 4. The molecule has 2 nitrogen and oxygen atoms in total. The van der Waals surface area contributed by atoms with Crippen molar-refractivity contribution in [2.75, 3.05) is 0 Å². The largest absolute Gasteiger partial charge is 0.308 e. The van der Waals surface area contributed by atoms with Crippen molar-refractivity contribution in [3.63, 3.8) is 0 Å². The van der Waals surface area contributed by atoms with Gasteiger partial charge in [0.25, 0.3) is 0 Å². The molecule has 6 heterocycles. The van der Waals surface area contributed by atoms with Gasteiger partial charge in [0.15, 0.2) is 0 Å². The Hall–Kier alpha value is -5.63. The van der Waals surface area contributed by atoms with Gasteiger partial charge in [0.05, 0.1) is 22.4 Å². The van der Waals surface area contributed by atoms with E-state index < -0.39 is 0 Å². The average molecular weight is 805 g/mol. The molecule has 0 N–H and O–H groups in total. The second-order valence-corrected chi connectivity index (χ2v) is 20.0. The molecule has 0 fully saturated rings. The molecule has 0 aliphatic heterocycles. The number of aryl methyl sites for hydroxylation is 4. The average Bonchev–Trinajstić information content (AvgIpc) is 4.09. The number of aromatic nitrogens is 2. The zero-order valence-corrected chi connectivity index (χ0v) is 35.1. The fourth-order valence-corrected chi connectivity index (χ4v) is 12.2. The number of para-hydroxylation sites is 2. The Morgan fingerprint density at radius 2 is 0.772 bits per heavy atom. The van der Waals surface area contributed by atoms with E-state index in [2.05, 4.69) is 166 Å². The summed E-state index contributed by atoms with van der Waals surface area (Å²) in [5, 5.41) is 7.32. The van der Waals surface area contributed by atoms with E-state index in [4.69, 9.17) is 4.98 Å². The summed E-state index contributed by atoms with van der Waals surface area (Å²) in [4.78, 5) is 15.5. The highest BCUT2D eigenvalue weighted by atomic mass is 32.1. The summed E-state index contributed by atoms with van der Waals surface area (Å²) < 4.78 is 2.55. The molecule has 0 aliphatic carbocycles. The SMILES string of the molecule is Cc1ccc(-c2cc3c(-c4ccccn4)c4cc(-c5ccc(C)s5)c(-c5ccc(C)s5)cc4c(-n4c5ccccc5c5ccccc54)c3cc2-c2ccc(C)s2)s1. The van der Waals surface area contributed by atoms with Crippen LogP contribution >= 0.6 is 45.3 Å². The molecule has 0 saturated carbocycles. The summed E-state index contributed by atoms with van der Waals surface area (Å²) >= 11 is 7.47. The molecule has 0 spiro atoms. The van der Waals surface area contributed by atoms with E-state index in [1.54, 1.807) is 0 Å². The smallest absolute Gasteiger partial charge is 0.0714 e. The molecule has 6 heteroatoms. The molecule has 0 unspecified atom stereocenters. The molecule has 0 amide bonds. The number of rotatable bonds is 6. The first kappa shape index (κ1) is 34.6. The van der Waals surface area contributed by atoms with Crippen LogP contribution in [0.15, 0.2) is 146 Å². The lowest BCUT2D eigenvalue weighted by atomic mass is 9.86. The zero-order chi connectivity index (χ0) is 38.4. The van der Waals surface area contributed by atoms with Gasteiger partial charge in [0.1, 0.15) is 0 Å². The molecule has 0 saturated heterocycles. The van der Waals surface area contributed by atoms with E-state index in [9.17, 15) is 0 Å². The minimum atomic E-state index is 0.974. The van der Waals surface area contributed by atoms with Crippen molar-refractivity contribution in [2.24, 2.45) is 0 Å². The van der Waals surface area contributed by atoms with E-state index >= 15 is 0 Å². The maximum absolute atomic E-state index is 5.12. The lowest BCUT2D eigenvalue weighted by Gasteiger charge is -2.23. The molecule has 11 rings (SSSR count). The van der Waals surface area contributed by atoms with Crippen LogP contribution in [0.2, 0.25) is 0 Å². The van der Waals surface area contributed by atoms with Gasteiger partial charge >= 0.3 is 0 Å². The number of fused-ring (bicyclic) bond motifs is 5. The van der Waals surface area contributed by atoms with Crippen LogP contribution in [0.25, 0.3) is 102 Å². The first-order valence-corrected chi connectivity index (χ1v) is 22.4. The molecule has 11 aromatic rings. The summed E-state index contributed by atoms with van der Waals surface area (Å²) in [6, 6.07) is 52.3. The summed E-state index contributed by atoms with van der Waals surface area (Å²) in [5.74, 6) is 0. The molecular formula is C51H36N2S4. The van der Waals surface area contributed by atoms with Gasteiger partial charge in [0, 0.05) is 94.6 Å². The summed E-state index contributed by atoms with van der Waals surface area (Å²) in [5.41, 5.74) is 10.8. The molecule has 0 radical (unpaired) electrons. The summed E-state index contributed by atoms with van der Waals surface area (Å²) in [7, 11) is 0. The Bertz CT molecular complexity index is 3150. The van der Waals surface area contributed by atoms with Crippen molar-refractivity contribution in [1.82, 2.24) is 9.55 Å². The highest BCUT2D eigenvalue weighted by Gasteiger charge is 2.26. The van der Waals surface area contributed by atoms with Gasteiger partial charge in [-0.1, -0.05) is 42.5 Å². The molecule has 6 aromatic heterocycles. The van der Waals surface area contributed by atoms with Gasteiger partial charge in [-0.15, -0.1) is 45.3 Å². The second-order valence-electron chi connectivity index (χ2n) is 14.8. The molecule has 5 aromatic carbocycles. The van der Waals surface area contributed by atoms with E-state index in [-0.39, 0.29) is 0 Å². The molecule has 0 atom stereocenters. The number of nitrogens with zero attached hydrogens (tertiary/aromatic N) is 2. The fourth-order valence-electron chi connectivity index (χ4n) is 8.62. The van der Waals surface area contributed by atoms with Crippen molar-refractivity contribution in [2.45, 2.75) is 27.7 Å². The highest BCUT2D eigenvalue weighted by molar-refractivity contribution is 7.17. The Kier molecular flexibility index (Phi) is 8.19. The van der Waals surface area contributed by atoms with Gasteiger partial charge in [-0.3, -0.25) is 4.98 Å². The number of benzene rings is 5. The topological polar surface area (TPSA) is 17.8 Å². The van der Waals surface area contributed by atoms with Crippen LogP contribution in [0.1, 0.15) is 19.5 Å². The number of hydrogen-bond acceptors (Lipinski definition) is 5. The molecule has 0 bridgehead atoms. The Morgan fingerprint density at radius 1 is 0.386 bits per heavy atom. The Morgan fingerprint density at radius 3 is 1.14 bits per heavy atom. The summed E-state index contributed by atoms with van der Waals surface area (Å²) in [6.07, 6.45) is 1.94. The molecule has 274 valence electrons. The second kappa shape index (κ2) is 13.5. The summed E-state index contributed by atoms with van der Waals surface area (Å²) in [6.45, 7) is 8.83. The van der Waals surface area contributed by atoms with Gasteiger partial charge < -0.3 is 4.57 Å². The van der Waals surface area contributed by atoms with E-state index in [1.807, 2.05) is 57.6 Å². The van der Waals surface area contributed by atoms with Gasteiger partial charge in [-0.05, 0) is 136 Å². The number of hydrogen-bond donors (Lipinski definition) is 0. The maximum Gasteiger partial charge on any atom is 0.0714 e. The first-order valence-electron chi connectivity index (χ1n) is 19.2. The molecule has 0 aliphatic rings. The maximum atomic E-state index is 5.12. The molecular weight excluding hydrogens is 769 g/mol. The Balaban J connectivity index is 1.42. The Labute approximate surface area is 347 Å². The predicted octanol–water partition coefficient (Wildman–Crippen LogP) is 16.3. The van der Waals surface area contributed by atoms with Crippen LogP contribution in [-0.4, -0.2) is 9.55 Å². The van der Waals surface area contributed by atoms with Crippen LogP contribution < -0.4 is 0 Å². The van der Waals surface area contributed by atoms with Crippen LogP contribution in [0.4, 0.5) is 0 Å². The lowest BCUT2D eigenvalue weighted by Crippen LogP contribution is -2.01. The van der Waals surface area contributed by atoms with Crippen LogP contribution in [0.3, 0.4) is 0 Å². The quantitative estimate of drug-likeness (QED) is 0.153. The lowest BCUT2D eigenvalue weighted by molar-refractivity contribution is 1.21. The monoisotopic (exact) mass is 804 g/mol. The molecule has 57 heavy (non-hydrogen) atoms. The van der Waals surface area contributed by atoms with Crippen molar-refractivity contribution in [3.8, 4) is 58.7 Å². The fraction of sp³-hybridized carbons (Fsp3) is 0.0784. The van der Waals surface area contributed by atoms with Gasteiger partial charge in [-0.25, -0.2) is 0 Å². The predicted molar refractivity (Wildman–Crippen MR) is 251 cm³/mol. The third-order valence-electron chi connectivity index (χ3n) is 11.1. The minimum Gasteiger partial charge on any atom is -0.308 e. The van der Waals surface area contributed by atoms with E-state index in [0.717, 1.165) is 11.3 Å². The zero-order valence-electron chi connectivity index (χ0n) is 31.9. The minimum absolute atomic E-state index is 0.974. The van der Waals surface area contributed by atoms with E-state index in [1.165, 1.54) is 110 Å². The van der Waals surface area contributed by atoms with Crippen molar-refractivity contribution in [1.29, 1.82) is 0 Å². The van der Waals surface area contributed by atoms with Gasteiger partial charge in [-0.2, -0.15) is 0 Å². The third kappa shape index (κ3) is 5.65. The van der Waals surface area contributed by atoms with E-state index in [0.29, 0.717) is 0 Å². The van der Waals surface area contributed by atoms with Crippen LogP contribution in [-0.2, 0) is 0 Å². The normalized spacial score (nSPS) is 11.9. The van der Waals surface area contributed by atoms with Crippen LogP contribution in [0, 0.1) is 27.7 Å². The van der Waals surface area contributed by atoms with Crippen molar-refractivity contribution in [3.05, 3.63) is 165 Å². The standard InChI is InChI=1S/C51H36N2S4/c1-29-16-20-46(54-29)35-25-39-41(27-37(35)48-22-18-31(3)56-48)51(53-44-14-7-5-11-33(44)34-12-6-8-15-45(34)53)42-28-38(49-23-19-32(4)57-49)36(47-21-17-30(2)55-47)26-40(42)50(39)43-13-9-10-24-52-43/h5-28H,1-4H3. The number of pyridine rings is 1. The van der Waals surface area contributed by atoms with Crippen molar-refractivity contribution < 1.29 is 0 Å². The van der Waals surface area contributed by atoms with Crippen LogP contribution in [0.5, 0.6) is 0 Å². The highest BCUT2D eigenvalue weighted by Crippen LogP contribution is 2.51. The third-order valence-corrected chi connectivity index (χ3v) is 15.2. The first-order chi connectivity index (χ1) is 27.9. The van der Waals surface area contributed by atoms with Crippen molar-refractivity contribution >= 4 is 88.7 Å².